The third-order valence-corrected chi connectivity index (χ3v) is 6.49. The van der Waals surface area contributed by atoms with Crippen LogP contribution in [0, 0.1) is 5.92 Å². The van der Waals surface area contributed by atoms with Crippen molar-refractivity contribution in [3.8, 4) is 5.69 Å². The lowest BCUT2D eigenvalue weighted by Gasteiger charge is -2.30. The third kappa shape index (κ3) is 5.07. The molecule has 11 heteroatoms. The van der Waals surface area contributed by atoms with Gasteiger partial charge in [0, 0.05) is 35.9 Å². The van der Waals surface area contributed by atoms with Gasteiger partial charge in [0.25, 0.3) is 5.91 Å². The number of aromatic nitrogens is 5. The highest BCUT2D eigenvalue weighted by molar-refractivity contribution is 6.30. The van der Waals surface area contributed by atoms with Crippen LogP contribution in [0.1, 0.15) is 31.5 Å². The summed E-state index contributed by atoms with van der Waals surface area (Å²) in [6.45, 7) is 4.07. The molecule has 0 bridgehead atoms. The van der Waals surface area contributed by atoms with Gasteiger partial charge in [-0.2, -0.15) is 0 Å². The number of aliphatic hydroxyl groups is 1. The zero-order valence-corrected chi connectivity index (χ0v) is 19.6. The van der Waals surface area contributed by atoms with E-state index in [1.165, 1.54) is 15.9 Å². The van der Waals surface area contributed by atoms with E-state index in [0.29, 0.717) is 22.8 Å². The van der Waals surface area contributed by atoms with E-state index < -0.39 is 18.1 Å². The van der Waals surface area contributed by atoms with Gasteiger partial charge < -0.3 is 15.3 Å². The number of nitrogens with zero attached hydrogens (tertiary/aromatic N) is 6. The second kappa shape index (κ2) is 10.3. The maximum absolute atomic E-state index is 13.2. The van der Waals surface area contributed by atoms with E-state index in [1.807, 2.05) is 13.8 Å². The van der Waals surface area contributed by atoms with E-state index in [-0.39, 0.29) is 30.8 Å². The molecule has 0 radical (unpaired) electrons. The van der Waals surface area contributed by atoms with Crippen LogP contribution in [-0.2, 0) is 22.6 Å². The molecular weight excluding hydrogens is 458 g/mol. The number of hydrogen-bond donors (Lipinski definition) is 2. The molecule has 0 aliphatic carbocycles. The minimum atomic E-state index is -1.28. The molecule has 1 unspecified atom stereocenters. The van der Waals surface area contributed by atoms with E-state index in [4.69, 9.17) is 11.6 Å². The van der Waals surface area contributed by atoms with Gasteiger partial charge in [-0.05, 0) is 65.6 Å². The average molecular weight is 484 g/mol. The van der Waals surface area contributed by atoms with Gasteiger partial charge in [0.1, 0.15) is 18.5 Å². The number of aliphatic hydroxyl groups excluding tert-OH is 1. The summed E-state index contributed by atoms with van der Waals surface area (Å²) in [5.74, 6) is -0.665. The van der Waals surface area contributed by atoms with E-state index in [2.05, 4.69) is 25.8 Å². The summed E-state index contributed by atoms with van der Waals surface area (Å²) in [6, 6.07) is 9.67. The van der Waals surface area contributed by atoms with E-state index in [9.17, 15) is 14.7 Å². The first-order valence-electron chi connectivity index (χ1n) is 11.0. The third-order valence-electron chi connectivity index (χ3n) is 6.25. The number of carbonyl (C=O) groups is 2. The number of amides is 2. The molecule has 4 atom stereocenters. The van der Waals surface area contributed by atoms with Crippen LogP contribution in [-0.4, -0.2) is 65.2 Å². The van der Waals surface area contributed by atoms with Gasteiger partial charge in [-0.3, -0.25) is 14.6 Å². The summed E-state index contributed by atoms with van der Waals surface area (Å²) in [5.41, 5.74) is 2.02. The second-order valence-corrected chi connectivity index (χ2v) is 8.94. The summed E-state index contributed by atoms with van der Waals surface area (Å²) in [4.78, 5) is 32.1. The van der Waals surface area contributed by atoms with Crippen LogP contribution >= 0.6 is 11.6 Å². The number of benzene rings is 1. The first-order valence-corrected chi connectivity index (χ1v) is 11.4. The fourth-order valence-electron chi connectivity index (χ4n) is 4.28. The van der Waals surface area contributed by atoms with Crippen LogP contribution in [0.4, 0.5) is 0 Å². The molecule has 0 spiro atoms. The molecule has 3 aromatic rings. The van der Waals surface area contributed by atoms with Crippen LogP contribution in [0.3, 0.4) is 0 Å². The molecule has 34 heavy (non-hydrogen) atoms. The number of rotatable bonds is 7. The minimum absolute atomic E-state index is 0.0867. The van der Waals surface area contributed by atoms with Crippen LogP contribution in [0.15, 0.2) is 48.9 Å². The molecule has 1 aromatic carbocycles. The first-order chi connectivity index (χ1) is 16.3. The molecule has 1 aliphatic heterocycles. The lowest BCUT2D eigenvalue weighted by atomic mass is 10.0. The number of likely N-dealkylation sites (tertiary alicyclic amines) is 1. The first kappa shape index (κ1) is 23.8. The number of hydrogen-bond acceptors (Lipinski definition) is 7. The lowest BCUT2D eigenvalue weighted by molar-refractivity contribution is -0.147. The molecular formula is C23H26ClN7O3. The van der Waals surface area contributed by atoms with Gasteiger partial charge in [0.15, 0.2) is 0 Å². The predicted molar refractivity (Wildman–Crippen MR) is 124 cm³/mol. The highest BCUT2D eigenvalue weighted by atomic mass is 35.5. The Morgan fingerprint density at radius 1 is 1.26 bits per heavy atom. The fraction of sp³-hybridized carbons (Fsp3) is 0.391. The Morgan fingerprint density at radius 3 is 2.79 bits per heavy atom. The van der Waals surface area contributed by atoms with Crippen molar-refractivity contribution in [3.05, 3.63) is 65.2 Å². The summed E-state index contributed by atoms with van der Waals surface area (Å²) in [6.07, 6.45) is 2.38. The zero-order valence-electron chi connectivity index (χ0n) is 18.9. The van der Waals surface area contributed by atoms with Crippen molar-refractivity contribution >= 4 is 23.4 Å². The largest absolute Gasteiger partial charge is 0.383 e. The number of nitrogens with one attached hydrogen (secondary N) is 1. The van der Waals surface area contributed by atoms with Gasteiger partial charge in [-0.15, -0.1) is 5.10 Å². The molecule has 1 saturated heterocycles. The second-order valence-electron chi connectivity index (χ2n) is 8.50. The summed E-state index contributed by atoms with van der Waals surface area (Å²) in [5, 5.41) is 25.3. The molecule has 1 aliphatic rings. The Kier molecular flexibility index (Phi) is 7.18. The molecule has 0 saturated carbocycles. The van der Waals surface area contributed by atoms with Gasteiger partial charge >= 0.3 is 0 Å². The molecule has 2 aromatic heterocycles. The highest BCUT2D eigenvalue weighted by Crippen LogP contribution is 2.31. The summed E-state index contributed by atoms with van der Waals surface area (Å²) in [7, 11) is 0. The number of halogens is 1. The Labute approximate surface area is 201 Å². The van der Waals surface area contributed by atoms with Crippen LogP contribution in [0.5, 0.6) is 0 Å². The van der Waals surface area contributed by atoms with Crippen molar-refractivity contribution in [1.29, 1.82) is 0 Å². The van der Waals surface area contributed by atoms with Gasteiger partial charge in [0.05, 0.1) is 5.69 Å². The van der Waals surface area contributed by atoms with Crippen LogP contribution < -0.4 is 5.32 Å². The Bertz CT molecular complexity index is 1140. The Morgan fingerprint density at radius 2 is 2.09 bits per heavy atom. The molecule has 178 valence electrons. The van der Waals surface area contributed by atoms with Crippen molar-refractivity contribution in [3.63, 3.8) is 0 Å². The molecule has 2 amide bonds. The predicted octanol–water partition coefficient (Wildman–Crippen LogP) is 1.56. The van der Waals surface area contributed by atoms with Crippen molar-refractivity contribution < 1.29 is 14.7 Å². The molecule has 10 nitrogen and oxygen atoms in total. The van der Waals surface area contributed by atoms with Gasteiger partial charge in [-0.1, -0.05) is 24.6 Å². The monoisotopic (exact) mass is 483 g/mol. The van der Waals surface area contributed by atoms with Crippen molar-refractivity contribution in [2.45, 2.75) is 51.4 Å². The molecule has 4 rings (SSSR count). The van der Waals surface area contributed by atoms with E-state index in [1.54, 1.807) is 42.6 Å². The molecule has 1 fully saturated rings. The summed E-state index contributed by atoms with van der Waals surface area (Å²) < 4.78 is 1.49. The van der Waals surface area contributed by atoms with Gasteiger partial charge in [-0.25, -0.2) is 4.68 Å². The average Bonchev–Trinajstić information content (AvgIpc) is 3.46. The van der Waals surface area contributed by atoms with Crippen molar-refractivity contribution in [2.75, 3.05) is 0 Å². The number of tetrazole rings is 1. The van der Waals surface area contributed by atoms with E-state index >= 15 is 0 Å². The smallest absolute Gasteiger partial charge is 0.252 e. The van der Waals surface area contributed by atoms with Crippen molar-refractivity contribution in [1.82, 2.24) is 35.4 Å². The van der Waals surface area contributed by atoms with Crippen LogP contribution in [0.25, 0.3) is 5.69 Å². The maximum atomic E-state index is 13.2. The Balaban J connectivity index is 1.48. The minimum Gasteiger partial charge on any atom is -0.383 e. The standard InChI is InChI=1S/C23H26ClN7O3/c1-14-9-20(31(15(14)2)23(34)21(32)11-18-5-3-4-8-25-18)22(33)26-12-16-10-17(24)6-7-19(16)30-13-27-28-29-30/h3-8,10,13-15,20-21,32H,9,11-12H2,1-2H3,(H,26,33)/t14-,15?,20-,21+/m0/s1. The Hall–Kier alpha value is -3.37. The highest BCUT2D eigenvalue weighted by Gasteiger charge is 2.44. The number of carbonyl (C=O) groups excluding carboxylic acids is 2. The van der Waals surface area contributed by atoms with E-state index in [0.717, 1.165) is 5.56 Å². The van der Waals surface area contributed by atoms with Crippen LogP contribution in [0.2, 0.25) is 5.02 Å². The topological polar surface area (TPSA) is 126 Å². The molecule has 2 N–H and O–H groups in total. The number of pyridine rings is 1. The lowest BCUT2D eigenvalue weighted by Crippen LogP contribution is -2.52. The zero-order chi connectivity index (χ0) is 24.2. The summed E-state index contributed by atoms with van der Waals surface area (Å²) >= 11 is 6.17. The fourth-order valence-corrected chi connectivity index (χ4v) is 4.47. The SMILES string of the molecule is CC1[C@@H](C)C[C@@H](C(=O)NCc2cc(Cl)ccc2-n2cnnn2)N1C(=O)[C@H](O)Cc1ccccn1. The van der Waals surface area contributed by atoms with Crippen molar-refractivity contribution in [2.24, 2.45) is 5.92 Å². The normalized spacial score (nSPS) is 20.8. The molecule has 3 heterocycles. The van der Waals surface area contributed by atoms with Gasteiger partial charge in [0.2, 0.25) is 5.91 Å². The quantitative estimate of drug-likeness (QED) is 0.522. The maximum Gasteiger partial charge on any atom is 0.252 e.